The van der Waals surface area contributed by atoms with Crippen LogP contribution in [0.4, 0.5) is 0 Å². The second-order valence-corrected chi connectivity index (χ2v) is 18.6. The predicted octanol–water partition coefficient (Wildman–Crippen LogP) is 6.74. The first-order valence-electron chi connectivity index (χ1n) is 17.6. The standard InChI is InChI=1S/C41H45Cl3O8Si/c1-4-49-30-18-15-27(16-19-30)23-29-24-28(17-20-33(29)44)38-40(52-36(46)26-43)39(51-35(45)25-42)37(47)34(50-38)21-22-41(2,3)53(48,31-11-7-5-8-12-31)32-13-9-6-10-14-32/h5-20,24,34,37-40,47-48H,4,21-23,25-26H2,1-3H3. The van der Waals surface area contributed by atoms with Crippen LogP contribution in [0.3, 0.4) is 0 Å². The molecule has 5 atom stereocenters. The van der Waals surface area contributed by atoms with Crippen LogP contribution >= 0.6 is 34.8 Å². The number of aliphatic hydroxyl groups is 1. The van der Waals surface area contributed by atoms with E-state index in [1.165, 1.54) is 0 Å². The van der Waals surface area contributed by atoms with Crippen LogP contribution in [0.5, 0.6) is 5.75 Å². The van der Waals surface area contributed by atoms with Gasteiger partial charge < -0.3 is 28.8 Å². The molecule has 1 fully saturated rings. The molecule has 8 nitrogen and oxygen atoms in total. The van der Waals surface area contributed by atoms with E-state index in [-0.39, 0.29) is 6.42 Å². The summed E-state index contributed by atoms with van der Waals surface area (Å²) >= 11 is 18.4. The molecule has 0 spiro atoms. The van der Waals surface area contributed by atoms with E-state index in [1.807, 2.05) is 112 Å². The lowest BCUT2D eigenvalue weighted by atomic mass is 9.87. The molecule has 5 rings (SSSR count). The Kier molecular flexibility index (Phi) is 14.1. The Morgan fingerprint density at radius 3 is 1.94 bits per heavy atom. The number of hydrogen-bond acceptors (Lipinski definition) is 8. The zero-order valence-electron chi connectivity index (χ0n) is 29.9. The maximum Gasteiger partial charge on any atom is 0.321 e. The van der Waals surface area contributed by atoms with Crippen molar-refractivity contribution in [3.63, 3.8) is 0 Å². The summed E-state index contributed by atoms with van der Waals surface area (Å²) in [6, 6.07) is 32.4. The fourth-order valence-corrected chi connectivity index (χ4v) is 11.1. The van der Waals surface area contributed by atoms with Gasteiger partial charge in [0.15, 0.2) is 12.2 Å². The molecule has 0 bridgehead atoms. The fraction of sp³-hybridized carbons (Fsp3) is 0.366. The summed E-state index contributed by atoms with van der Waals surface area (Å²) in [5.41, 5.74) is 2.35. The van der Waals surface area contributed by atoms with Gasteiger partial charge in [0, 0.05) is 5.02 Å². The summed E-state index contributed by atoms with van der Waals surface area (Å²) in [5, 5.41) is 13.4. The molecule has 5 unspecified atom stereocenters. The molecule has 12 heteroatoms. The van der Waals surface area contributed by atoms with Crippen molar-refractivity contribution >= 4 is 65.4 Å². The lowest BCUT2D eigenvalue weighted by Gasteiger charge is -2.46. The number of aliphatic hydroxyl groups excluding tert-OH is 1. The first kappa shape index (κ1) is 40.8. The smallest absolute Gasteiger partial charge is 0.321 e. The van der Waals surface area contributed by atoms with E-state index in [9.17, 15) is 19.5 Å². The molecule has 0 saturated carbocycles. The van der Waals surface area contributed by atoms with Crippen LogP contribution in [0.2, 0.25) is 10.1 Å². The molecule has 0 aliphatic carbocycles. The highest BCUT2D eigenvalue weighted by Crippen LogP contribution is 2.44. The molecule has 4 aromatic carbocycles. The van der Waals surface area contributed by atoms with E-state index in [1.54, 1.807) is 12.1 Å². The summed E-state index contributed by atoms with van der Waals surface area (Å²) in [6.07, 6.45) is -4.78. The summed E-state index contributed by atoms with van der Waals surface area (Å²) in [4.78, 5) is 38.1. The zero-order valence-corrected chi connectivity index (χ0v) is 33.2. The second kappa shape index (κ2) is 18.3. The van der Waals surface area contributed by atoms with Crippen molar-refractivity contribution in [2.45, 2.75) is 75.6 Å². The van der Waals surface area contributed by atoms with Crippen LogP contribution in [0.25, 0.3) is 0 Å². The Hall–Kier alpha value is -3.41. The maximum atomic E-state index is 12.8. The van der Waals surface area contributed by atoms with Crippen LogP contribution in [-0.4, -0.2) is 72.9 Å². The van der Waals surface area contributed by atoms with Crippen LogP contribution in [0.1, 0.15) is 56.4 Å². The summed E-state index contributed by atoms with van der Waals surface area (Å²) in [5.74, 6) is -1.78. The number of ether oxygens (including phenoxy) is 4. The highest BCUT2D eigenvalue weighted by atomic mass is 35.5. The van der Waals surface area contributed by atoms with Gasteiger partial charge in [-0.25, -0.2) is 0 Å². The summed E-state index contributed by atoms with van der Waals surface area (Å²) in [7, 11) is -3.41. The molecule has 1 aliphatic rings. The van der Waals surface area contributed by atoms with Crippen LogP contribution in [0, 0.1) is 0 Å². The van der Waals surface area contributed by atoms with Gasteiger partial charge in [-0.2, -0.15) is 0 Å². The minimum absolute atomic E-state index is 0.261. The molecule has 1 heterocycles. The van der Waals surface area contributed by atoms with Crippen LogP contribution in [0.15, 0.2) is 103 Å². The molecular weight excluding hydrogens is 755 g/mol. The molecule has 282 valence electrons. The summed E-state index contributed by atoms with van der Waals surface area (Å²) in [6.45, 7) is 6.52. The van der Waals surface area contributed by atoms with Gasteiger partial charge >= 0.3 is 11.9 Å². The number of alkyl halides is 2. The second-order valence-electron chi connectivity index (χ2n) is 13.7. The number of halogens is 3. The van der Waals surface area contributed by atoms with Gasteiger partial charge in [0.2, 0.25) is 0 Å². The molecular formula is C41H45Cl3O8Si. The van der Waals surface area contributed by atoms with Gasteiger partial charge in [0.1, 0.15) is 29.7 Å². The lowest BCUT2D eigenvalue weighted by molar-refractivity contribution is -0.243. The number of carbonyl (C=O) groups is 2. The van der Waals surface area contributed by atoms with Gasteiger partial charge in [-0.1, -0.05) is 110 Å². The van der Waals surface area contributed by atoms with E-state index in [4.69, 9.17) is 53.8 Å². The Morgan fingerprint density at radius 2 is 1.40 bits per heavy atom. The highest BCUT2D eigenvalue weighted by molar-refractivity contribution is 6.98. The lowest BCUT2D eigenvalue weighted by Crippen LogP contribution is -2.65. The van der Waals surface area contributed by atoms with Gasteiger partial charge in [-0.05, 0) is 76.5 Å². The van der Waals surface area contributed by atoms with Gasteiger partial charge in [0.25, 0.3) is 8.32 Å². The Balaban J connectivity index is 1.51. The van der Waals surface area contributed by atoms with Crippen LogP contribution in [-0.2, 0) is 30.2 Å². The third-order valence-corrected chi connectivity index (χ3v) is 15.2. The van der Waals surface area contributed by atoms with E-state index in [2.05, 4.69) is 0 Å². The molecule has 0 amide bonds. The monoisotopic (exact) mass is 798 g/mol. The highest BCUT2D eigenvalue weighted by Gasteiger charge is 2.53. The van der Waals surface area contributed by atoms with Crippen molar-refractivity contribution in [2.75, 3.05) is 18.4 Å². The summed E-state index contributed by atoms with van der Waals surface area (Å²) < 4.78 is 23.7. The first-order chi connectivity index (χ1) is 25.4. The Bertz CT molecular complexity index is 1770. The molecule has 1 aliphatic heterocycles. The zero-order chi connectivity index (χ0) is 38.2. The third kappa shape index (κ3) is 9.46. The van der Waals surface area contributed by atoms with Crippen LogP contribution < -0.4 is 15.1 Å². The fourth-order valence-electron chi connectivity index (χ4n) is 7.05. The molecule has 1 saturated heterocycles. The minimum Gasteiger partial charge on any atom is -0.494 e. The molecule has 53 heavy (non-hydrogen) atoms. The van der Waals surface area contributed by atoms with Gasteiger partial charge in [0.05, 0.1) is 12.7 Å². The number of hydrogen-bond donors (Lipinski definition) is 2. The van der Waals surface area contributed by atoms with Gasteiger partial charge in [-0.3, -0.25) is 9.59 Å². The molecule has 0 radical (unpaired) electrons. The first-order valence-corrected chi connectivity index (χ1v) is 21.0. The topological polar surface area (TPSA) is 112 Å². The van der Waals surface area contributed by atoms with Crippen molar-refractivity contribution in [3.05, 3.63) is 125 Å². The Morgan fingerprint density at radius 1 is 0.830 bits per heavy atom. The number of rotatable bonds is 15. The van der Waals surface area contributed by atoms with Gasteiger partial charge in [-0.15, -0.1) is 23.2 Å². The van der Waals surface area contributed by atoms with Crippen molar-refractivity contribution < 1.29 is 38.4 Å². The van der Waals surface area contributed by atoms with Crippen molar-refractivity contribution in [2.24, 2.45) is 0 Å². The quantitative estimate of drug-likeness (QED) is 0.0773. The van der Waals surface area contributed by atoms with Crippen molar-refractivity contribution in [3.8, 4) is 5.75 Å². The van der Waals surface area contributed by atoms with E-state index >= 15 is 0 Å². The van der Waals surface area contributed by atoms with E-state index in [0.29, 0.717) is 30.0 Å². The third-order valence-electron chi connectivity index (χ3n) is 9.86. The predicted molar refractivity (Wildman–Crippen MR) is 210 cm³/mol. The Labute approximate surface area is 327 Å². The molecule has 2 N–H and O–H groups in total. The largest absolute Gasteiger partial charge is 0.494 e. The van der Waals surface area contributed by atoms with E-state index < -0.39 is 67.6 Å². The normalized spacial score (nSPS) is 20.4. The maximum absolute atomic E-state index is 12.8. The molecule has 4 aromatic rings. The minimum atomic E-state index is -3.41. The van der Waals surface area contributed by atoms with Crippen molar-refractivity contribution in [1.29, 1.82) is 0 Å². The van der Waals surface area contributed by atoms with E-state index in [0.717, 1.165) is 27.2 Å². The number of esters is 2. The number of carbonyl (C=O) groups excluding carboxylic acids is 2. The number of benzene rings is 4. The average Bonchev–Trinajstić information content (AvgIpc) is 3.17. The van der Waals surface area contributed by atoms with Crippen molar-refractivity contribution in [1.82, 2.24) is 0 Å². The molecule has 0 aromatic heterocycles. The average molecular weight is 800 g/mol. The SMILES string of the molecule is CCOc1ccc(Cc2cc(C3OC(CCC(C)(C)[Si](O)(c4ccccc4)c4ccccc4)C(O)C(OC(=O)CCl)C3OC(=O)CCl)ccc2Cl)cc1.